The third-order valence-electron chi connectivity index (χ3n) is 6.62. The molecule has 0 bridgehead atoms. The summed E-state index contributed by atoms with van der Waals surface area (Å²) in [7, 11) is 2.19. The van der Waals surface area contributed by atoms with Gasteiger partial charge in [-0.1, -0.05) is 12.1 Å². The highest BCUT2D eigenvalue weighted by atomic mass is 16.2. The van der Waals surface area contributed by atoms with E-state index in [-0.39, 0.29) is 11.4 Å². The molecule has 1 N–H and O–H groups in total. The number of likely N-dealkylation sites (tertiary alicyclic amines) is 1. The second kappa shape index (κ2) is 6.74. The number of aryl methyl sites for hydroxylation is 1. The number of para-hydroxylation sites is 2. The number of piperidine rings is 1. The third-order valence-corrected chi connectivity index (χ3v) is 6.62. The molecule has 7 nitrogen and oxygen atoms in total. The van der Waals surface area contributed by atoms with Gasteiger partial charge in [0.1, 0.15) is 0 Å². The summed E-state index contributed by atoms with van der Waals surface area (Å²) >= 11 is 0. The quantitative estimate of drug-likeness (QED) is 0.758. The number of fused-ring (bicyclic) bond motifs is 3. The summed E-state index contributed by atoms with van der Waals surface area (Å²) in [6.45, 7) is 3.29. The first-order chi connectivity index (χ1) is 13.7. The molecule has 0 radical (unpaired) electrons. The van der Waals surface area contributed by atoms with Crippen LogP contribution in [0.15, 0.2) is 36.9 Å². The molecule has 1 spiro atoms. The van der Waals surface area contributed by atoms with Crippen LogP contribution in [0.1, 0.15) is 30.7 Å². The molecule has 1 aromatic carbocycles. The van der Waals surface area contributed by atoms with Crippen molar-refractivity contribution < 1.29 is 4.79 Å². The zero-order chi connectivity index (χ0) is 19.1. The molecule has 2 aromatic heterocycles. The van der Waals surface area contributed by atoms with E-state index in [0.29, 0.717) is 13.0 Å². The summed E-state index contributed by atoms with van der Waals surface area (Å²) in [5.41, 5.74) is 4.50. The first kappa shape index (κ1) is 17.4. The van der Waals surface area contributed by atoms with Gasteiger partial charge >= 0.3 is 0 Å². The molecule has 0 aliphatic carbocycles. The van der Waals surface area contributed by atoms with Crippen molar-refractivity contribution in [2.24, 2.45) is 0 Å². The number of likely N-dealkylation sites (N-methyl/N-ethyl adjacent to an activating group) is 1. The molecular weight excluding hydrogens is 352 g/mol. The Kier molecular flexibility index (Phi) is 4.19. The number of nitrogens with zero attached hydrogens (tertiary/aromatic N) is 5. The fourth-order valence-electron chi connectivity index (χ4n) is 4.89. The van der Waals surface area contributed by atoms with Crippen LogP contribution in [0.3, 0.4) is 0 Å². The van der Waals surface area contributed by atoms with Gasteiger partial charge in [-0.15, -0.1) is 0 Å². The number of H-pyrrole nitrogens is 1. The lowest BCUT2D eigenvalue weighted by atomic mass is 9.79. The highest BCUT2D eigenvalue weighted by Crippen LogP contribution is 2.41. The Morgan fingerprint density at radius 2 is 2.00 bits per heavy atom. The zero-order valence-electron chi connectivity index (χ0n) is 16.3. The van der Waals surface area contributed by atoms with Crippen molar-refractivity contribution in [3.63, 3.8) is 0 Å². The van der Waals surface area contributed by atoms with Crippen molar-refractivity contribution >= 4 is 16.9 Å². The standard InChI is InChI=1S/C21H26N6O/c1-25-10-6-17-20(23-14-22-17)21(25)8-12-26(13-9-21)19(28)7-11-27-15-24-16-4-2-3-5-18(16)27/h2-5,14-15H,6-13H2,1H3,(H,22,23). The van der Waals surface area contributed by atoms with E-state index in [0.717, 1.165) is 49.9 Å². The van der Waals surface area contributed by atoms with Gasteiger partial charge in [-0.3, -0.25) is 9.69 Å². The minimum Gasteiger partial charge on any atom is -0.348 e. The molecule has 1 fully saturated rings. The number of hydrogen-bond acceptors (Lipinski definition) is 4. The number of benzene rings is 1. The lowest BCUT2D eigenvalue weighted by Crippen LogP contribution is -2.55. The molecule has 2 aliphatic rings. The summed E-state index contributed by atoms with van der Waals surface area (Å²) in [6, 6.07) is 8.05. The third kappa shape index (κ3) is 2.73. The van der Waals surface area contributed by atoms with Gasteiger partial charge in [0.15, 0.2) is 0 Å². The molecule has 1 amide bonds. The van der Waals surface area contributed by atoms with Crippen molar-refractivity contribution in [3.05, 3.63) is 48.3 Å². The van der Waals surface area contributed by atoms with Gasteiger partial charge in [0, 0.05) is 44.7 Å². The van der Waals surface area contributed by atoms with E-state index in [4.69, 9.17) is 0 Å². The predicted molar refractivity (Wildman–Crippen MR) is 107 cm³/mol. The molecule has 2 aliphatic heterocycles. The van der Waals surface area contributed by atoms with E-state index in [9.17, 15) is 4.79 Å². The zero-order valence-corrected chi connectivity index (χ0v) is 16.3. The van der Waals surface area contributed by atoms with E-state index in [1.807, 2.05) is 35.8 Å². The van der Waals surface area contributed by atoms with E-state index in [1.54, 1.807) is 0 Å². The molecule has 5 rings (SSSR count). The van der Waals surface area contributed by atoms with Crippen LogP contribution in [0.2, 0.25) is 0 Å². The van der Waals surface area contributed by atoms with Gasteiger partial charge in [0.2, 0.25) is 5.91 Å². The summed E-state index contributed by atoms with van der Waals surface area (Å²) in [4.78, 5) is 29.7. The lowest BCUT2D eigenvalue weighted by Gasteiger charge is -2.49. The summed E-state index contributed by atoms with van der Waals surface area (Å²) in [5, 5.41) is 0. The number of aromatic amines is 1. The molecule has 0 atom stereocenters. The SMILES string of the molecule is CN1CCc2[nH]cnc2C12CCN(C(=O)CCn1cnc3ccccc31)CC2. The van der Waals surface area contributed by atoms with Gasteiger partial charge in [0.25, 0.3) is 0 Å². The molecule has 4 heterocycles. The molecule has 28 heavy (non-hydrogen) atoms. The van der Waals surface area contributed by atoms with Gasteiger partial charge < -0.3 is 14.5 Å². The van der Waals surface area contributed by atoms with Crippen LogP contribution in [0.5, 0.6) is 0 Å². The van der Waals surface area contributed by atoms with Gasteiger partial charge in [-0.05, 0) is 32.0 Å². The average molecular weight is 378 g/mol. The number of carbonyl (C=O) groups excluding carboxylic acids is 1. The average Bonchev–Trinajstić information content (AvgIpc) is 3.37. The molecule has 1 saturated heterocycles. The molecule has 3 aromatic rings. The van der Waals surface area contributed by atoms with Crippen LogP contribution >= 0.6 is 0 Å². The predicted octanol–water partition coefficient (Wildman–Crippen LogP) is 2.16. The summed E-state index contributed by atoms with van der Waals surface area (Å²) in [5.74, 6) is 0.230. The Balaban J connectivity index is 1.24. The molecule has 7 heteroatoms. The molecule has 146 valence electrons. The monoisotopic (exact) mass is 378 g/mol. The first-order valence-corrected chi connectivity index (χ1v) is 10.1. The Hall–Kier alpha value is -2.67. The Labute approximate surface area is 164 Å². The van der Waals surface area contributed by atoms with E-state index in [2.05, 4.69) is 37.5 Å². The second-order valence-electron chi connectivity index (χ2n) is 7.99. The van der Waals surface area contributed by atoms with Crippen molar-refractivity contribution in [2.45, 2.75) is 37.8 Å². The van der Waals surface area contributed by atoms with E-state index >= 15 is 0 Å². The minimum absolute atomic E-state index is 0.0229. The Bertz CT molecular complexity index is 997. The smallest absolute Gasteiger partial charge is 0.224 e. The fraction of sp³-hybridized carbons (Fsp3) is 0.476. The Morgan fingerprint density at radius 1 is 1.18 bits per heavy atom. The number of imidazole rings is 2. The lowest BCUT2D eigenvalue weighted by molar-refractivity contribution is -0.134. The molecular formula is C21H26N6O. The minimum atomic E-state index is -0.0229. The normalized spacial score (nSPS) is 19.2. The van der Waals surface area contributed by atoms with Crippen LogP contribution in [-0.4, -0.2) is 61.9 Å². The van der Waals surface area contributed by atoms with Gasteiger partial charge in [0.05, 0.1) is 34.9 Å². The second-order valence-corrected chi connectivity index (χ2v) is 7.99. The number of amides is 1. The van der Waals surface area contributed by atoms with Crippen LogP contribution in [0, 0.1) is 0 Å². The van der Waals surface area contributed by atoms with Gasteiger partial charge in [-0.25, -0.2) is 9.97 Å². The van der Waals surface area contributed by atoms with E-state index in [1.165, 1.54) is 11.4 Å². The number of hydrogen-bond donors (Lipinski definition) is 1. The summed E-state index contributed by atoms with van der Waals surface area (Å²) < 4.78 is 2.07. The molecule has 0 unspecified atom stereocenters. The van der Waals surface area contributed by atoms with Crippen molar-refractivity contribution in [1.29, 1.82) is 0 Å². The van der Waals surface area contributed by atoms with Crippen LogP contribution in [-0.2, 0) is 23.3 Å². The number of nitrogens with one attached hydrogen (secondary N) is 1. The maximum Gasteiger partial charge on any atom is 0.224 e. The highest BCUT2D eigenvalue weighted by molar-refractivity contribution is 5.77. The van der Waals surface area contributed by atoms with Crippen LogP contribution in [0.4, 0.5) is 0 Å². The highest BCUT2D eigenvalue weighted by Gasteiger charge is 2.45. The first-order valence-electron chi connectivity index (χ1n) is 10.1. The largest absolute Gasteiger partial charge is 0.348 e. The van der Waals surface area contributed by atoms with Crippen molar-refractivity contribution in [2.75, 3.05) is 26.7 Å². The summed E-state index contributed by atoms with van der Waals surface area (Å²) in [6.07, 6.45) is 7.08. The van der Waals surface area contributed by atoms with Crippen LogP contribution in [0.25, 0.3) is 11.0 Å². The number of carbonyl (C=O) groups is 1. The fourth-order valence-corrected chi connectivity index (χ4v) is 4.89. The number of rotatable bonds is 3. The Morgan fingerprint density at radius 3 is 2.86 bits per heavy atom. The van der Waals surface area contributed by atoms with Crippen molar-refractivity contribution in [3.8, 4) is 0 Å². The topological polar surface area (TPSA) is 70.1 Å². The maximum atomic E-state index is 12.8. The van der Waals surface area contributed by atoms with E-state index < -0.39 is 0 Å². The maximum absolute atomic E-state index is 12.8. The number of aromatic nitrogens is 4. The van der Waals surface area contributed by atoms with Gasteiger partial charge in [-0.2, -0.15) is 0 Å². The molecule has 0 saturated carbocycles. The van der Waals surface area contributed by atoms with Crippen molar-refractivity contribution in [1.82, 2.24) is 29.3 Å². The van der Waals surface area contributed by atoms with Crippen LogP contribution < -0.4 is 0 Å².